The van der Waals surface area contributed by atoms with Gasteiger partial charge in [0.2, 0.25) is 0 Å². The summed E-state index contributed by atoms with van der Waals surface area (Å²) in [6.07, 6.45) is 1.19. The summed E-state index contributed by atoms with van der Waals surface area (Å²) in [5.74, 6) is -0.403. The molecule has 11 heavy (non-hydrogen) atoms. The van der Waals surface area contributed by atoms with Gasteiger partial charge < -0.3 is 4.32 Å². The second-order valence-corrected chi connectivity index (χ2v) is 4.03. The zero-order valence-electron chi connectivity index (χ0n) is 7.40. The van der Waals surface area contributed by atoms with Crippen molar-refractivity contribution in [3.8, 4) is 0 Å². The van der Waals surface area contributed by atoms with Gasteiger partial charge in [-0.2, -0.15) is 0 Å². The molecule has 3 unspecified atom stereocenters. The fraction of sp³-hybridized carbons (Fsp3) is 1.00. The minimum atomic E-state index is -1.29. The molecule has 1 heterocycles. The molecule has 0 amide bonds. The first-order chi connectivity index (χ1) is 4.95. The lowest BCUT2D eigenvalue weighted by Gasteiger charge is -2.36. The van der Waals surface area contributed by atoms with E-state index < -0.39 is 18.5 Å². The van der Waals surface area contributed by atoms with Crippen molar-refractivity contribution in [2.75, 3.05) is 0 Å². The molecule has 0 radical (unpaired) electrons. The van der Waals surface area contributed by atoms with Crippen LogP contribution in [0, 0.1) is 0 Å². The molecule has 0 aromatic carbocycles. The Bertz CT molecular complexity index is 147. The first kappa shape index (κ1) is 9.02. The molecule has 64 valence electrons. The van der Waals surface area contributed by atoms with Crippen LogP contribution in [0.25, 0.3) is 0 Å². The van der Waals surface area contributed by atoms with Crippen LogP contribution < -0.4 is 0 Å². The maximum Gasteiger partial charge on any atom is 0.357 e. The van der Waals surface area contributed by atoms with Crippen molar-refractivity contribution < 1.29 is 8.71 Å². The van der Waals surface area contributed by atoms with Crippen LogP contribution in [0.15, 0.2) is 0 Å². The molecule has 0 aromatic heterocycles. The van der Waals surface area contributed by atoms with E-state index in [-0.39, 0.29) is 5.82 Å². The summed E-state index contributed by atoms with van der Waals surface area (Å²) < 4.78 is 26.7. The van der Waals surface area contributed by atoms with Gasteiger partial charge in [0.25, 0.3) is 0 Å². The van der Waals surface area contributed by atoms with Crippen LogP contribution in [-0.2, 0) is 0 Å². The van der Waals surface area contributed by atoms with E-state index >= 15 is 0 Å². The summed E-state index contributed by atoms with van der Waals surface area (Å²) in [7, 11) is 0. The smallest absolute Gasteiger partial charge is 0.335 e. The van der Waals surface area contributed by atoms with Gasteiger partial charge in [0, 0.05) is 5.82 Å². The Balaban J connectivity index is 2.67. The Hall–Kier alpha value is -0.0751. The van der Waals surface area contributed by atoms with Gasteiger partial charge in [0.1, 0.15) is 5.67 Å². The monoisotopic (exact) mass is 160 g/mol. The molecule has 1 rings (SSSR count). The second kappa shape index (κ2) is 2.76. The zero-order valence-corrected chi connectivity index (χ0v) is 7.40. The lowest BCUT2D eigenvalue weighted by Crippen LogP contribution is -2.39. The van der Waals surface area contributed by atoms with Crippen molar-refractivity contribution in [1.29, 1.82) is 0 Å². The molecule has 1 fully saturated rings. The van der Waals surface area contributed by atoms with E-state index in [1.165, 1.54) is 6.92 Å². The van der Waals surface area contributed by atoms with E-state index in [1.807, 2.05) is 6.92 Å². The number of alkyl halides is 1. The Morgan fingerprint density at radius 1 is 1.45 bits per heavy atom. The molecule has 0 aromatic rings. The van der Waals surface area contributed by atoms with Crippen molar-refractivity contribution in [1.82, 2.24) is 0 Å². The summed E-state index contributed by atoms with van der Waals surface area (Å²) in [5.41, 5.74) is -1.29. The molecule has 0 spiro atoms. The Morgan fingerprint density at radius 3 is 2.45 bits per heavy atom. The highest BCUT2D eigenvalue weighted by molar-refractivity contribution is 6.55. The van der Waals surface area contributed by atoms with Crippen LogP contribution in [0.1, 0.15) is 33.6 Å². The van der Waals surface area contributed by atoms with Crippen LogP contribution in [-0.4, -0.2) is 12.7 Å². The highest BCUT2D eigenvalue weighted by atomic mass is 19.1. The molecule has 0 saturated carbocycles. The predicted molar refractivity (Wildman–Crippen MR) is 44.5 cm³/mol. The number of hydrogen-bond acceptors (Lipinski definition) is 0. The molecule has 1 aliphatic rings. The largest absolute Gasteiger partial charge is 0.357 e. The SMILES string of the molecule is CC1CCC(C)(F)C(C)B1F. The first-order valence-corrected chi connectivity index (χ1v) is 4.28. The normalized spacial score (nSPS) is 46.1. The number of rotatable bonds is 0. The van der Waals surface area contributed by atoms with E-state index in [0.29, 0.717) is 12.8 Å². The summed E-state index contributed by atoms with van der Waals surface area (Å²) in [4.78, 5) is 0. The maximum atomic E-state index is 13.4. The lowest BCUT2D eigenvalue weighted by molar-refractivity contribution is 0.146. The van der Waals surface area contributed by atoms with Gasteiger partial charge in [-0.15, -0.1) is 0 Å². The molecule has 3 heteroatoms. The van der Waals surface area contributed by atoms with Gasteiger partial charge >= 0.3 is 6.99 Å². The third-order valence-corrected chi connectivity index (χ3v) is 3.06. The molecule has 0 aliphatic carbocycles. The Morgan fingerprint density at radius 2 is 2.00 bits per heavy atom. The summed E-state index contributed by atoms with van der Waals surface area (Å²) in [6.45, 7) is 4.08. The van der Waals surface area contributed by atoms with Crippen molar-refractivity contribution >= 4 is 6.99 Å². The topological polar surface area (TPSA) is 0 Å². The van der Waals surface area contributed by atoms with Gasteiger partial charge in [0.05, 0.1) is 0 Å². The minimum absolute atomic E-state index is 0.0359. The lowest BCUT2D eigenvalue weighted by atomic mass is 9.42. The van der Waals surface area contributed by atoms with E-state index in [9.17, 15) is 8.71 Å². The van der Waals surface area contributed by atoms with Gasteiger partial charge in [0.15, 0.2) is 0 Å². The van der Waals surface area contributed by atoms with Gasteiger partial charge in [-0.1, -0.05) is 20.3 Å². The standard InChI is InChI=1S/C8H15BF2/c1-6-4-5-8(3,10)7(2)9(6)11/h6-7H,4-5H2,1-3H3. The zero-order chi connectivity index (χ0) is 8.65. The highest BCUT2D eigenvalue weighted by Gasteiger charge is 2.46. The van der Waals surface area contributed by atoms with Crippen molar-refractivity contribution in [3.05, 3.63) is 0 Å². The van der Waals surface area contributed by atoms with E-state index in [2.05, 4.69) is 0 Å². The average molecular weight is 160 g/mol. The van der Waals surface area contributed by atoms with Crippen LogP contribution in [0.3, 0.4) is 0 Å². The molecule has 3 atom stereocenters. The minimum Gasteiger partial charge on any atom is -0.335 e. The van der Waals surface area contributed by atoms with Gasteiger partial charge in [-0.25, -0.2) is 4.39 Å². The molecular weight excluding hydrogens is 145 g/mol. The predicted octanol–water partition coefficient (Wildman–Crippen LogP) is 3.25. The van der Waals surface area contributed by atoms with Gasteiger partial charge in [-0.05, 0) is 19.2 Å². The molecule has 1 aliphatic heterocycles. The quantitative estimate of drug-likeness (QED) is 0.477. The molecule has 0 bridgehead atoms. The van der Waals surface area contributed by atoms with E-state index in [1.54, 1.807) is 6.92 Å². The fourth-order valence-electron chi connectivity index (χ4n) is 1.72. The van der Waals surface area contributed by atoms with E-state index in [0.717, 1.165) is 0 Å². The van der Waals surface area contributed by atoms with Crippen molar-refractivity contribution in [2.45, 2.75) is 50.9 Å². The highest BCUT2D eigenvalue weighted by Crippen LogP contribution is 2.45. The second-order valence-electron chi connectivity index (χ2n) is 4.03. The van der Waals surface area contributed by atoms with E-state index in [4.69, 9.17) is 0 Å². The molecular formula is C8H15BF2. The maximum absolute atomic E-state index is 13.4. The number of halogens is 2. The van der Waals surface area contributed by atoms with Gasteiger partial charge in [-0.3, -0.25) is 0 Å². The van der Waals surface area contributed by atoms with Crippen LogP contribution in [0.5, 0.6) is 0 Å². The van der Waals surface area contributed by atoms with Crippen molar-refractivity contribution in [3.63, 3.8) is 0 Å². The van der Waals surface area contributed by atoms with Crippen molar-refractivity contribution in [2.24, 2.45) is 0 Å². The molecule has 0 N–H and O–H groups in total. The third kappa shape index (κ3) is 1.57. The average Bonchev–Trinajstić information content (AvgIpc) is 1.95. The van der Waals surface area contributed by atoms with Crippen LogP contribution in [0.4, 0.5) is 8.71 Å². The fourth-order valence-corrected chi connectivity index (χ4v) is 1.72. The van der Waals surface area contributed by atoms with Crippen LogP contribution in [0.2, 0.25) is 11.6 Å². The summed E-state index contributed by atoms with van der Waals surface area (Å²) >= 11 is 0. The Labute approximate surface area is 67.5 Å². The molecule has 1 saturated heterocycles. The third-order valence-electron chi connectivity index (χ3n) is 3.06. The van der Waals surface area contributed by atoms with Crippen LogP contribution >= 0.6 is 0 Å². The molecule has 0 nitrogen and oxygen atoms in total. The first-order valence-electron chi connectivity index (χ1n) is 4.28. The number of hydrogen-bond donors (Lipinski definition) is 0. The summed E-state index contributed by atoms with van der Waals surface area (Å²) in [6, 6.07) is 0. The summed E-state index contributed by atoms with van der Waals surface area (Å²) in [5, 5.41) is 0. The Kier molecular flexibility index (Phi) is 2.26.